The lowest BCUT2D eigenvalue weighted by molar-refractivity contribution is 0.321. The smallest absolute Gasteiger partial charge is 0.191 e. The molecule has 136 valence electrons. The summed E-state index contributed by atoms with van der Waals surface area (Å²) < 4.78 is 21.0. The number of hydrogen-bond donors (Lipinski definition) is 2. The summed E-state index contributed by atoms with van der Waals surface area (Å²) in [4.78, 5) is 4.17. The van der Waals surface area contributed by atoms with Gasteiger partial charge in [-0.25, -0.2) is 4.39 Å². The predicted molar refractivity (Wildman–Crippen MR) is 97.6 cm³/mol. The number of nitrogens with zero attached hydrogens (tertiary/aromatic N) is 4. The molecule has 0 saturated heterocycles. The maximum Gasteiger partial charge on any atom is 0.191 e. The summed E-state index contributed by atoms with van der Waals surface area (Å²) in [5, 5.41) is 14.6. The normalized spacial score (nSPS) is 11.6. The van der Waals surface area contributed by atoms with Gasteiger partial charge < -0.3 is 15.4 Å². The Bertz CT molecular complexity index is 908. The van der Waals surface area contributed by atoms with Crippen molar-refractivity contribution in [2.24, 2.45) is 4.99 Å². The zero-order valence-corrected chi connectivity index (χ0v) is 14.7. The standard InChI is InChI=1S/C18H21FN6O/c1-3-26-15-8-7-13(10-14(15)19)11-21-18(20-2)22-12-17-24-23-16-6-4-5-9-25(16)17/h4-10H,3,11-12H2,1-2H3,(H2,20,21,22). The minimum absolute atomic E-state index is 0.262. The van der Waals surface area contributed by atoms with Gasteiger partial charge in [0, 0.05) is 19.8 Å². The number of fused-ring (bicyclic) bond motifs is 1. The Labute approximate surface area is 150 Å². The third-order valence-electron chi connectivity index (χ3n) is 3.78. The third-order valence-corrected chi connectivity index (χ3v) is 3.78. The van der Waals surface area contributed by atoms with Gasteiger partial charge in [0.15, 0.2) is 29.0 Å². The van der Waals surface area contributed by atoms with Crippen LogP contribution in [0.1, 0.15) is 18.3 Å². The van der Waals surface area contributed by atoms with Crippen LogP contribution >= 0.6 is 0 Å². The average molecular weight is 356 g/mol. The van der Waals surface area contributed by atoms with Gasteiger partial charge in [-0.2, -0.15) is 0 Å². The van der Waals surface area contributed by atoms with E-state index in [4.69, 9.17) is 4.74 Å². The van der Waals surface area contributed by atoms with E-state index in [1.54, 1.807) is 13.1 Å². The molecule has 3 rings (SSSR count). The molecule has 3 aromatic rings. The van der Waals surface area contributed by atoms with Crippen LogP contribution in [0, 0.1) is 5.82 Å². The molecule has 0 aliphatic rings. The van der Waals surface area contributed by atoms with Crippen molar-refractivity contribution < 1.29 is 9.13 Å². The van der Waals surface area contributed by atoms with Gasteiger partial charge in [-0.05, 0) is 36.8 Å². The number of hydrogen-bond acceptors (Lipinski definition) is 4. The van der Waals surface area contributed by atoms with Crippen molar-refractivity contribution in [1.82, 2.24) is 25.2 Å². The zero-order chi connectivity index (χ0) is 18.4. The first-order chi connectivity index (χ1) is 12.7. The number of nitrogens with one attached hydrogen (secondary N) is 2. The maximum atomic E-state index is 13.9. The molecule has 0 radical (unpaired) electrons. The highest BCUT2D eigenvalue weighted by Crippen LogP contribution is 2.18. The quantitative estimate of drug-likeness (QED) is 0.523. The highest BCUT2D eigenvalue weighted by atomic mass is 19.1. The molecule has 0 fully saturated rings. The van der Waals surface area contributed by atoms with Crippen LogP contribution in [0.3, 0.4) is 0 Å². The number of aliphatic imine (C=N–C) groups is 1. The van der Waals surface area contributed by atoms with Crippen molar-refractivity contribution >= 4 is 11.6 Å². The molecular weight excluding hydrogens is 335 g/mol. The van der Waals surface area contributed by atoms with Crippen molar-refractivity contribution in [1.29, 1.82) is 0 Å². The number of benzene rings is 1. The molecule has 0 aliphatic heterocycles. The molecule has 0 saturated carbocycles. The second kappa shape index (κ2) is 8.28. The first-order valence-electron chi connectivity index (χ1n) is 8.35. The van der Waals surface area contributed by atoms with E-state index in [1.165, 1.54) is 6.07 Å². The summed E-state index contributed by atoms with van der Waals surface area (Å²) >= 11 is 0. The van der Waals surface area contributed by atoms with E-state index in [1.807, 2.05) is 41.8 Å². The molecule has 0 amide bonds. The van der Waals surface area contributed by atoms with E-state index in [2.05, 4.69) is 25.8 Å². The molecule has 0 bridgehead atoms. The Morgan fingerprint density at radius 3 is 2.81 bits per heavy atom. The topological polar surface area (TPSA) is 75.8 Å². The molecule has 8 heteroatoms. The van der Waals surface area contributed by atoms with Crippen molar-refractivity contribution in [2.75, 3.05) is 13.7 Å². The SMILES string of the molecule is CCOc1ccc(CNC(=NC)NCc2nnc3ccccn23)cc1F. The molecule has 0 spiro atoms. The van der Waals surface area contributed by atoms with Crippen LogP contribution in [0.2, 0.25) is 0 Å². The van der Waals surface area contributed by atoms with Gasteiger partial charge in [0.25, 0.3) is 0 Å². The molecule has 1 aromatic carbocycles. The lowest BCUT2D eigenvalue weighted by atomic mass is 10.2. The summed E-state index contributed by atoms with van der Waals surface area (Å²) in [6.07, 6.45) is 1.91. The number of halogens is 1. The molecule has 2 N–H and O–H groups in total. The second-order valence-corrected chi connectivity index (χ2v) is 5.52. The average Bonchev–Trinajstić information content (AvgIpc) is 3.07. The van der Waals surface area contributed by atoms with Gasteiger partial charge in [0.1, 0.15) is 0 Å². The first-order valence-corrected chi connectivity index (χ1v) is 8.35. The van der Waals surface area contributed by atoms with E-state index in [-0.39, 0.29) is 11.6 Å². The van der Waals surface area contributed by atoms with Gasteiger partial charge in [-0.3, -0.25) is 9.39 Å². The predicted octanol–water partition coefficient (Wildman–Crippen LogP) is 2.13. The van der Waals surface area contributed by atoms with Crippen LogP contribution in [0.5, 0.6) is 5.75 Å². The van der Waals surface area contributed by atoms with Crippen molar-refractivity contribution in [3.63, 3.8) is 0 Å². The van der Waals surface area contributed by atoms with Crippen molar-refractivity contribution in [2.45, 2.75) is 20.0 Å². The molecule has 2 heterocycles. The molecule has 0 unspecified atom stereocenters. The summed E-state index contributed by atoms with van der Waals surface area (Å²) in [6.45, 7) is 3.15. The lowest BCUT2D eigenvalue weighted by Crippen LogP contribution is -2.36. The summed E-state index contributed by atoms with van der Waals surface area (Å²) in [6, 6.07) is 10.6. The Morgan fingerprint density at radius 1 is 1.19 bits per heavy atom. The molecule has 0 atom stereocenters. The van der Waals surface area contributed by atoms with Crippen LogP contribution in [0.4, 0.5) is 4.39 Å². The van der Waals surface area contributed by atoms with E-state index in [9.17, 15) is 4.39 Å². The largest absolute Gasteiger partial charge is 0.491 e. The first kappa shape index (κ1) is 17.7. The van der Waals surface area contributed by atoms with Gasteiger partial charge >= 0.3 is 0 Å². The second-order valence-electron chi connectivity index (χ2n) is 5.52. The molecular formula is C18H21FN6O. The fraction of sp³-hybridized carbons (Fsp3) is 0.278. The van der Waals surface area contributed by atoms with E-state index < -0.39 is 0 Å². The van der Waals surface area contributed by atoms with E-state index in [0.717, 1.165) is 17.0 Å². The zero-order valence-electron chi connectivity index (χ0n) is 14.7. The molecule has 2 aromatic heterocycles. The van der Waals surface area contributed by atoms with Gasteiger partial charge in [0.2, 0.25) is 0 Å². The summed E-state index contributed by atoms with van der Waals surface area (Å²) in [7, 11) is 1.68. The fourth-order valence-corrected chi connectivity index (χ4v) is 2.51. The van der Waals surface area contributed by atoms with Crippen LogP contribution < -0.4 is 15.4 Å². The Hall–Kier alpha value is -3.16. The number of rotatable bonds is 6. The molecule has 7 nitrogen and oxygen atoms in total. The highest BCUT2D eigenvalue weighted by molar-refractivity contribution is 5.79. The summed E-state index contributed by atoms with van der Waals surface area (Å²) in [5.41, 5.74) is 1.58. The number of ether oxygens (including phenoxy) is 1. The number of guanidine groups is 1. The van der Waals surface area contributed by atoms with Crippen molar-refractivity contribution in [3.8, 4) is 5.75 Å². The van der Waals surface area contributed by atoms with Gasteiger partial charge in [-0.15, -0.1) is 10.2 Å². The minimum Gasteiger partial charge on any atom is -0.491 e. The summed E-state index contributed by atoms with van der Waals surface area (Å²) in [5.74, 6) is 1.25. The van der Waals surface area contributed by atoms with Crippen LogP contribution in [0.25, 0.3) is 5.65 Å². The van der Waals surface area contributed by atoms with Crippen LogP contribution in [-0.4, -0.2) is 34.2 Å². The van der Waals surface area contributed by atoms with Crippen molar-refractivity contribution in [3.05, 3.63) is 59.8 Å². The van der Waals surface area contributed by atoms with Crippen LogP contribution in [0.15, 0.2) is 47.6 Å². The van der Waals surface area contributed by atoms with Crippen LogP contribution in [-0.2, 0) is 13.1 Å². The Morgan fingerprint density at radius 2 is 2.04 bits per heavy atom. The number of pyridine rings is 1. The van der Waals surface area contributed by atoms with Gasteiger partial charge in [-0.1, -0.05) is 12.1 Å². The number of aromatic nitrogens is 3. The van der Waals surface area contributed by atoms with Gasteiger partial charge in [0.05, 0.1) is 13.2 Å². The maximum absolute atomic E-state index is 13.9. The Kier molecular flexibility index (Phi) is 5.62. The minimum atomic E-state index is -0.371. The highest BCUT2D eigenvalue weighted by Gasteiger charge is 2.07. The molecule has 0 aliphatic carbocycles. The fourth-order valence-electron chi connectivity index (χ4n) is 2.51. The lowest BCUT2D eigenvalue weighted by Gasteiger charge is -2.12. The monoisotopic (exact) mass is 356 g/mol. The Balaban J connectivity index is 1.57. The van der Waals surface area contributed by atoms with E-state index in [0.29, 0.717) is 25.7 Å². The van der Waals surface area contributed by atoms with E-state index >= 15 is 0 Å². The molecule has 26 heavy (non-hydrogen) atoms. The third kappa shape index (κ3) is 4.08.